The zero-order chi connectivity index (χ0) is 22.4. The molecule has 0 aliphatic rings. The molecule has 0 aliphatic heterocycles. The second-order valence-electron chi connectivity index (χ2n) is 9.86. The van der Waals surface area contributed by atoms with Gasteiger partial charge < -0.3 is 0 Å². The summed E-state index contributed by atoms with van der Waals surface area (Å²) in [5, 5.41) is 0. The molecule has 0 aliphatic carbocycles. The molecule has 1 aromatic rings. The largest absolute Gasteiger partial charge is 0.256 e. The Hall–Kier alpha value is -0.790. The van der Waals surface area contributed by atoms with Crippen molar-refractivity contribution in [3.8, 4) is 0 Å². The fourth-order valence-corrected chi connectivity index (χ4v) is 4.73. The molecule has 2 heteroatoms. The first kappa shape index (κ1) is 28.2. The Bertz CT molecular complexity index is 491. The topological polar surface area (TPSA) is 8.81 Å². The van der Waals surface area contributed by atoms with E-state index in [9.17, 15) is 0 Å². The molecule has 2 nitrogen and oxygen atoms in total. The Kier molecular flexibility index (Phi) is 19.2. The number of rotatable bonds is 23. The van der Waals surface area contributed by atoms with Gasteiger partial charge in [0, 0.05) is 6.42 Å². The van der Waals surface area contributed by atoms with Crippen LogP contribution < -0.4 is 4.57 Å². The molecule has 31 heavy (non-hydrogen) atoms. The summed E-state index contributed by atoms with van der Waals surface area (Å²) in [6.45, 7) is 9.35. The average Bonchev–Trinajstić information content (AvgIpc) is 3.16. The second kappa shape index (κ2) is 21.1. The molecule has 0 amide bonds. The van der Waals surface area contributed by atoms with Gasteiger partial charge in [0.05, 0.1) is 13.1 Å². The second-order valence-corrected chi connectivity index (χ2v) is 9.86. The van der Waals surface area contributed by atoms with E-state index in [4.69, 9.17) is 0 Å². The highest BCUT2D eigenvalue weighted by Gasteiger charge is 2.16. The van der Waals surface area contributed by atoms with Crippen LogP contribution in [0.25, 0.3) is 0 Å². The number of aryl methyl sites for hydroxylation is 2. The van der Waals surface area contributed by atoms with E-state index >= 15 is 0 Å². The molecule has 1 rings (SSSR count). The zero-order valence-corrected chi connectivity index (χ0v) is 21.8. The predicted molar refractivity (Wildman–Crippen MR) is 138 cm³/mol. The first-order valence-corrected chi connectivity index (χ1v) is 14.4. The Labute approximate surface area is 196 Å². The Morgan fingerprint density at radius 1 is 0.548 bits per heavy atom. The van der Waals surface area contributed by atoms with Crippen molar-refractivity contribution in [3.63, 3.8) is 0 Å². The molecule has 0 unspecified atom stereocenters. The van der Waals surface area contributed by atoms with Crippen LogP contribution in [-0.2, 0) is 19.5 Å². The van der Waals surface area contributed by atoms with Crippen molar-refractivity contribution in [2.75, 3.05) is 0 Å². The van der Waals surface area contributed by atoms with Gasteiger partial charge in [-0.3, -0.25) is 0 Å². The quantitative estimate of drug-likeness (QED) is 0.120. The van der Waals surface area contributed by atoms with Crippen LogP contribution in [0.5, 0.6) is 0 Å². The van der Waals surface area contributed by atoms with Gasteiger partial charge in [-0.15, -0.1) is 0 Å². The van der Waals surface area contributed by atoms with Crippen molar-refractivity contribution in [1.82, 2.24) is 4.57 Å². The summed E-state index contributed by atoms with van der Waals surface area (Å²) in [5.74, 6) is 1.60. The van der Waals surface area contributed by atoms with E-state index in [1.807, 2.05) is 0 Å². The van der Waals surface area contributed by atoms with Gasteiger partial charge in [0.15, 0.2) is 0 Å². The first-order chi connectivity index (χ1) is 15.3. The number of unbranched alkanes of at least 4 members (excludes halogenated alkanes) is 17. The average molecular weight is 434 g/mol. The summed E-state index contributed by atoms with van der Waals surface area (Å²) in [6.07, 6.45) is 34.1. The number of nitrogens with zero attached hydrogens (tertiary/aromatic N) is 2. The highest BCUT2D eigenvalue weighted by molar-refractivity contribution is 4.84. The summed E-state index contributed by atoms with van der Waals surface area (Å²) in [4.78, 5) is 0. The van der Waals surface area contributed by atoms with E-state index < -0.39 is 0 Å². The lowest BCUT2D eigenvalue weighted by Crippen LogP contribution is -2.37. The van der Waals surface area contributed by atoms with Crippen LogP contribution in [0.1, 0.15) is 155 Å². The van der Waals surface area contributed by atoms with Crippen molar-refractivity contribution in [2.24, 2.45) is 0 Å². The molecule has 0 spiro atoms. The van der Waals surface area contributed by atoms with Crippen molar-refractivity contribution >= 4 is 0 Å². The minimum Gasteiger partial charge on any atom is -0.234 e. The van der Waals surface area contributed by atoms with E-state index in [1.165, 1.54) is 148 Å². The minimum absolute atomic E-state index is 1.21. The Morgan fingerprint density at radius 2 is 1.00 bits per heavy atom. The Balaban J connectivity index is 2.30. The molecule has 0 N–H and O–H groups in total. The Morgan fingerprint density at radius 3 is 1.55 bits per heavy atom. The van der Waals surface area contributed by atoms with Crippen LogP contribution in [0, 0.1) is 0 Å². The lowest BCUT2D eigenvalue weighted by Gasteiger charge is -2.07. The molecule has 0 bridgehead atoms. The van der Waals surface area contributed by atoms with Gasteiger partial charge in [-0.2, -0.15) is 0 Å². The van der Waals surface area contributed by atoms with Crippen LogP contribution in [0.2, 0.25) is 0 Å². The molecule has 0 aromatic carbocycles. The van der Waals surface area contributed by atoms with Crippen molar-refractivity contribution in [1.29, 1.82) is 0 Å². The van der Waals surface area contributed by atoms with Gasteiger partial charge in [0.1, 0.15) is 12.4 Å². The summed E-state index contributed by atoms with van der Waals surface area (Å²) in [5.41, 5.74) is 0. The van der Waals surface area contributed by atoms with Crippen LogP contribution in [0.3, 0.4) is 0 Å². The smallest absolute Gasteiger partial charge is 0.234 e. The maximum atomic E-state index is 2.59. The number of hydrogen-bond acceptors (Lipinski definition) is 0. The first-order valence-electron chi connectivity index (χ1n) is 14.4. The van der Waals surface area contributed by atoms with E-state index in [2.05, 4.69) is 42.3 Å². The maximum Gasteiger partial charge on any atom is 0.256 e. The van der Waals surface area contributed by atoms with Gasteiger partial charge in [-0.25, -0.2) is 9.13 Å². The lowest BCUT2D eigenvalue weighted by molar-refractivity contribution is -0.704. The highest BCUT2D eigenvalue weighted by Crippen LogP contribution is 2.13. The van der Waals surface area contributed by atoms with Gasteiger partial charge in [-0.05, 0) is 32.1 Å². The number of aromatic nitrogens is 2. The SMILES string of the molecule is CCCCCCCCCCCCn1cc[n+](CCCCC)c1CCCCCCCCC. The molecule has 0 saturated carbocycles. The number of imidazole rings is 1. The summed E-state index contributed by atoms with van der Waals surface area (Å²) in [7, 11) is 0. The van der Waals surface area contributed by atoms with Crippen LogP contribution in [-0.4, -0.2) is 4.57 Å². The van der Waals surface area contributed by atoms with E-state index in [0.29, 0.717) is 0 Å². The summed E-state index contributed by atoms with van der Waals surface area (Å²) in [6, 6.07) is 0. The fraction of sp³-hybridized carbons (Fsp3) is 0.897. The van der Waals surface area contributed by atoms with Crippen molar-refractivity contribution in [2.45, 2.75) is 169 Å². The highest BCUT2D eigenvalue weighted by atomic mass is 15.1. The molecule has 0 atom stereocenters. The lowest BCUT2D eigenvalue weighted by atomic mass is 10.1. The number of hydrogen-bond donors (Lipinski definition) is 0. The minimum atomic E-state index is 1.21. The summed E-state index contributed by atoms with van der Waals surface area (Å²) >= 11 is 0. The molecule has 1 aromatic heterocycles. The molecular weight excluding hydrogens is 376 g/mol. The van der Waals surface area contributed by atoms with Gasteiger partial charge in [-0.1, -0.05) is 117 Å². The van der Waals surface area contributed by atoms with Crippen molar-refractivity contribution in [3.05, 3.63) is 18.2 Å². The van der Waals surface area contributed by atoms with Crippen molar-refractivity contribution < 1.29 is 4.57 Å². The van der Waals surface area contributed by atoms with E-state index in [-0.39, 0.29) is 0 Å². The molecule has 0 saturated heterocycles. The predicted octanol–water partition coefficient (Wildman–Crippen LogP) is 9.18. The standard InChI is InChI=1S/C29H57N2/c1-4-7-10-12-14-15-16-18-20-23-26-31-28-27-30(25-22-9-6-3)29(31)24-21-19-17-13-11-8-5-2/h27-28H,4-26H2,1-3H3/q+1. The maximum absolute atomic E-state index is 2.59. The van der Waals surface area contributed by atoms with Gasteiger partial charge >= 0.3 is 0 Å². The van der Waals surface area contributed by atoms with Crippen LogP contribution >= 0.6 is 0 Å². The molecule has 0 fully saturated rings. The third-order valence-corrected chi connectivity index (χ3v) is 6.85. The van der Waals surface area contributed by atoms with Gasteiger partial charge in [0.25, 0.3) is 5.82 Å². The van der Waals surface area contributed by atoms with Gasteiger partial charge in [0.2, 0.25) is 0 Å². The molecule has 1 heterocycles. The van der Waals surface area contributed by atoms with E-state index in [1.54, 1.807) is 5.82 Å². The van der Waals surface area contributed by atoms with Crippen LogP contribution in [0.4, 0.5) is 0 Å². The molecular formula is C29H57N2+. The fourth-order valence-electron chi connectivity index (χ4n) is 4.73. The van der Waals surface area contributed by atoms with Crippen LogP contribution in [0.15, 0.2) is 12.4 Å². The zero-order valence-electron chi connectivity index (χ0n) is 21.8. The molecule has 182 valence electrons. The van der Waals surface area contributed by atoms with E-state index in [0.717, 1.165) is 0 Å². The summed E-state index contributed by atoms with van der Waals surface area (Å²) < 4.78 is 5.16. The third-order valence-electron chi connectivity index (χ3n) is 6.85. The normalized spacial score (nSPS) is 11.5. The monoisotopic (exact) mass is 433 g/mol. The third kappa shape index (κ3) is 14.8. The molecule has 0 radical (unpaired) electrons.